The van der Waals surface area contributed by atoms with E-state index < -0.39 is 0 Å². The van der Waals surface area contributed by atoms with Gasteiger partial charge >= 0.3 is 5.97 Å². The smallest absolute Gasteiger partial charge is 0.330 e. The number of esters is 1. The van der Waals surface area contributed by atoms with Crippen molar-refractivity contribution < 1.29 is 19.0 Å². The molecule has 0 spiro atoms. The molecule has 3 aliphatic rings. The lowest BCUT2D eigenvalue weighted by molar-refractivity contribution is -0.139. The highest BCUT2D eigenvalue weighted by atomic mass is 16.6. The van der Waals surface area contributed by atoms with Crippen LogP contribution in [0.25, 0.3) is 6.08 Å². The van der Waals surface area contributed by atoms with E-state index in [2.05, 4.69) is 12.2 Å². The number of fused-ring (bicyclic) bond motifs is 2. The van der Waals surface area contributed by atoms with E-state index in [1.54, 1.807) is 6.08 Å². The summed E-state index contributed by atoms with van der Waals surface area (Å²) in [6.07, 6.45) is 10.5. The summed E-state index contributed by atoms with van der Waals surface area (Å²) in [4.78, 5) is 11.9. The summed E-state index contributed by atoms with van der Waals surface area (Å²) in [7, 11) is 0. The van der Waals surface area contributed by atoms with Crippen molar-refractivity contribution in [3.63, 3.8) is 0 Å². The van der Waals surface area contributed by atoms with Gasteiger partial charge in [0.05, 0.1) is 13.2 Å². The highest BCUT2D eigenvalue weighted by molar-refractivity contribution is 5.87. The van der Waals surface area contributed by atoms with Crippen LogP contribution in [0.1, 0.15) is 18.4 Å². The van der Waals surface area contributed by atoms with Crippen molar-refractivity contribution in [3.8, 4) is 5.75 Å². The fraction of sp³-hybridized carbons (Fsp3) is 0.450. The molecule has 1 aromatic rings. The standard InChI is InChI=1S/C20H22O4/c21-20(24-11-17-10-15-1-5-16(17)9-15)8-4-14-2-6-18(7-3-14)22-12-19-13-23-19/h1-8,15-17,19H,9-13H2/b8-4+. The molecule has 4 unspecified atom stereocenters. The molecule has 4 rings (SSSR count). The predicted molar refractivity (Wildman–Crippen MR) is 90.5 cm³/mol. The van der Waals surface area contributed by atoms with Crippen LogP contribution < -0.4 is 4.74 Å². The Balaban J connectivity index is 1.22. The third-order valence-corrected chi connectivity index (χ3v) is 4.99. The van der Waals surface area contributed by atoms with Gasteiger partial charge in [0, 0.05) is 6.08 Å². The van der Waals surface area contributed by atoms with Gasteiger partial charge in [0.1, 0.15) is 18.5 Å². The average molecular weight is 326 g/mol. The number of rotatable bonds is 7. The number of ether oxygens (including phenoxy) is 3. The summed E-state index contributed by atoms with van der Waals surface area (Å²) in [6, 6.07) is 7.64. The zero-order chi connectivity index (χ0) is 16.4. The Bertz CT molecular complexity index is 642. The lowest BCUT2D eigenvalue weighted by atomic mass is 9.95. The molecule has 24 heavy (non-hydrogen) atoms. The fourth-order valence-electron chi connectivity index (χ4n) is 3.52. The zero-order valence-corrected chi connectivity index (χ0v) is 13.6. The molecule has 2 fully saturated rings. The van der Waals surface area contributed by atoms with E-state index in [9.17, 15) is 4.79 Å². The largest absolute Gasteiger partial charge is 0.491 e. The topological polar surface area (TPSA) is 48.1 Å². The highest BCUT2D eigenvalue weighted by Crippen LogP contribution is 2.43. The summed E-state index contributed by atoms with van der Waals surface area (Å²) in [5.41, 5.74) is 0.949. The van der Waals surface area contributed by atoms with Crippen molar-refractivity contribution in [2.45, 2.75) is 18.9 Å². The van der Waals surface area contributed by atoms with Gasteiger partial charge in [0.25, 0.3) is 0 Å². The van der Waals surface area contributed by atoms with Gasteiger partial charge in [-0.15, -0.1) is 0 Å². The van der Waals surface area contributed by atoms with Crippen LogP contribution in [-0.2, 0) is 14.3 Å². The number of hydrogen-bond acceptors (Lipinski definition) is 4. The van der Waals surface area contributed by atoms with Crippen LogP contribution in [0.2, 0.25) is 0 Å². The maximum absolute atomic E-state index is 11.9. The third kappa shape index (κ3) is 3.88. The SMILES string of the molecule is O=C(/C=C/c1ccc(OCC2CO2)cc1)OCC1CC2C=CC1C2. The molecule has 0 N–H and O–H groups in total. The molecule has 0 aromatic heterocycles. The summed E-state index contributed by atoms with van der Waals surface area (Å²) >= 11 is 0. The predicted octanol–water partition coefficient (Wildman–Crippen LogP) is 3.23. The van der Waals surface area contributed by atoms with Crippen molar-refractivity contribution in [3.05, 3.63) is 48.1 Å². The van der Waals surface area contributed by atoms with Crippen LogP contribution in [0.3, 0.4) is 0 Å². The monoisotopic (exact) mass is 326 g/mol. The Morgan fingerprint density at radius 2 is 2.00 bits per heavy atom. The van der Waals surface area contributed by atoms with E-state index in [1.165, 1.54) is 12.5 Å². The molecule has 1 aromatic carbocycles. The number of allylic oxidation sites excluding steroid dienone is 2. The van der Waals surface area contributed by atoms with Crippen LogP contribution in [0.15, 0.2) is 42.5 Å². The molecule has 126 valence electrons. The zero-order valence-electron chi connectivity index (χ0n) is 13.6. The lowest BCUT2D eigenvalue weighted by Crippen LogP contribution is -2.16. The van der Waals surface area contributed by atoms with Crippen molar-refractivity contribution in [1.82, 2.24) is 0 Å². The van der Waals surface area contributed by atoms with E-state index in [0.29, 0.717) is 31.0 Å². The molecule has 2 bridgehead atoms. The van der Waals surface area contributed by atoms with Gasteiger partial charge in [-0.2, -0.15) is 0 Å². The van der Waals surface area contributed by atoms with Gasteiger partial charge < -0.3 is 14.2 Å². The second-order valence-electron chi connectivity index (χ2n) is 6.84. The van der Waals surface area contributed by atoms with E-state index in [0.717, 1.165) is 24.3 Å². The van der Waals surface area contributed by atoms with E-state index in [1.807, 2.05) is 24.3 Å². The third-order valence-electron chi connectivity index (χ3n) is 4.99. The first-order chi connectivity index (χ1) is 11.8. The normalized spacial score (nSPS) is 30.0. The quantitative estimate of drug-likeness (QED) is 0.334. The summed E-state index contributed by atoms with van der Waals surface area (Å²) in [6.45, 7) is 1.92. The summed E-state index contributed by atoms with van der Waals surface area (Å²) in [5, 5.41) is 0. The fourth-order valence-corrected chi connectivity index (χ4v) is 3.52. The second-order valence-corrected chi connectivity index (χ2v) is 6.84. The van der Waals surface area contributed by atoms with E-state index >= 15 is 0 Å². The maximum Gasteiger partial charge on any atom is 0.330 e. The maximum atomic E-state index is 11.9. The van der Waals surface area contributed by atoms with Crippen LogP contribution >= 0.6 is 0 Å². The molecule has 2 aliphatic carbocycles. The first kappa shape index (κ1) is 15.5. The number of carbonyl (C=O) groups excluding carboxylic acids is 1. The Hall–Kier alpha value is -2.07. The number of hydrogen-bond donors (Lipinski definition) is 0. The average Bonchev–Trinajstić information content (AvgIpc) is 3.21. The van der Waals surface area contributed by atoms with Crippen LogP contribution in [0.4, 0.5) is 0 Å². The summed E-state index contributed by atoms with van der Waals surface area (Å²) in [5.74, 6) is 2.37. The molecule has 1 saturated carbocycles. The molecule has 4 heteroatoms. The molecular weight excluding hydrogens is 304 g/mol. The van der Waals surface area contributed by atoms with Gasteiger partial charge in [-0.05, 0) is 54.4 Å². The number of epoxide rings is 1. The summed E-state index contributed by atoms with van der Waals surface area (Å²) < 4.78 is 16.1. The second kappa shape index (κ2) is 6.81. The van der Waals surface area contributed by atoms with Crippen LogP contribution in [0, 0.1) is 17.8 Å². The van der Waals surface area contributed by atoms with Crippen LogP contribution in [0.5, 0.6) is 5.75 Å². The Morgan fingerprint density at radius 3 is 2.67 bits per heavy atom. The minimum atomic E-state index is -0.270. The Morgan fingerprint density at radius 1 is 1.17 bits per heavy atom. The van der Waals surface area contributed by atoms with Gasteiger partial charge in [-0.3, -0.25) is 0 Å². The minimum Gasteiger partial charge on any atom is -0.491 e. The Kier molecular flexibility index (Phi) is 4.39. The number of benzene rings is 1. The van der Waals surface area contributed by atoms with Gasteiger partial charge in [-0.25, -0.2) is 4.79 Å². The molecule has 1 aliphatic heterocycles. The van der Waals surface area contributed by atoms with Crippen molar-refractivity contribution >= 4 is 12.0 Å². The molecule has 1 heterocycles. The Labute approximate surface area is 142 Å². The van der Waals surface area contributed by atoms with Crippen molar-refractivity contribution in [2.75, 3.05) is 19.8 Å². The van der Waals surface area contributed by atoms with Gasteiger partial charge in [0.2, 0.25) is 0 Å². The van der Waals surface area contributed by atoms with Crippen molar-refractivity contribution in [2.24, 2.45) is 17.8 Å². The van der Waals surface area contributed by atoms with Crippen LogP contribution in [-0.4, -0.2) is 31.9 Å². The number of carbonyl (C=O) groups is 1. The van der Waals surface area contributed by atoms with Gasteiger partial charge in [0.15, 0.2) is 0 Å². The lowest BCUT2D eigenvalue weighted by Gasteiger charge is -2.17. The highest BCUT2D eigenvalue weighted by Gasteiger charge is 2.36. The first-order valence-electron chi connectivity index (χ1n) is 8.64. The molecule has 0 amide bonds. The van der Waals surface area contributed by atoms with E-state index in [-0.39, 0.29) is 12.1 Å². The molecule has 4 nitrogen and oxygen atoms in total. The van der Waals surface area contributed by atoms with E-state index in [4.69, 9.17) is 14.2 Å². The van der Waals surface area contributed by atoms with Gasteiger partial charge in [-0.1, -0.05) is 24.3 Å². The molecular formula is C20H22O4. The van der Waals surface area contributed by atoms with Crippen molar-refractivity contribution in [1.29, 1.82) is 0 Å². The molecule has 4 atom stereocenters. The molecule has 0 radical (unpaired) electrons. The molecule has 1 saturated heterocycles. The minimum absolute atomic E-state index is 0.255. The first-order valence-corrected chi connectivity index (χ1v) is 8.64.